The molecule has 1 N–H and O–H groups in total. The number of thioether (sulfide) groups is 1. The third-order valence-corrected chi connectivity index (χ3v) is 3.80. The minimum absolute atomic E-state index is 0.343. The standard InChI is InChI=1S/C9H9BrOS/c1-5-2-6-3-7(10)8(11)4-9(6)12-5/h3-5,11H,2H2,1H3. The van der Waals surface area contributed by atoms with Gasteiger partial charge in [-0.2, -0.15) is 0 Å². The topological polar surface area (TPSA) is 20.2 Å². The van der Waals surface area contributed by atoms with Crippen LogP contribution in [-0.2, 0) is 6.42 Å². The van der Waals surface area contributed by atoms with Crippen molar-refractivity contribution in [2.45, 2.75) is 23.5 Å². The van der Waals surface area contributed by atoms with Crippen molar-refractivity contribution in [3.05, 3.63) is 22.2 Å². The Hall–Kier alpha value is -0.150. The molecule has 1 aliphatic heterocycles. The molecule has 0 aromatic heterocycles. The van der Waals surface area contributed by atoms with Crippen molar-refractivity contribution in [3.8, 4) is 5.75 Å². The van der Waals surface area contributed by atoms with Crippen LogP contribution in [0.1, 0.15) is 12.5 Å². The van der Waals surface area contributed by atoms with E-state index in [4.69, 9.17) is 0 Å². The number of phenols is 1. The van der Waals surface area contributed by atoms with E-state index in [0.29, 0.717) is 11.0 Å². The zero-order chi connectivity index (χ0) is 8.72. The summed E-state index contributed by atoms with van der Waals surface area (Å²) in [5, 5.41) is 10.1. The van der Waals surface area contributed by atoms with Crippen LogP contribution in [0.4, 0.5) is 0 Å². The molecule has 0 amide bonds. The van der Waals surface area contributed by atoms with Crippen molar-refractivity contribution in [2.24, 2.45) is 0 Å². The second-order valence-electron chi connectivity index (χ2n) is 3.04. The third-order valence-electron chi connectivity index (χ3n) is 1.97. The molecule has 1 aromatic rings. The lowest BCUT2D eigenvalue weighted by atomic mass is 10.1. The van der Waals surface area contributed by atoms with Gasteiger partial charge in [-0.05, 0) is 40.0 Å². The number of phenolic OH excluding ortho intramolecular Hbond substituents is 1. The van der Waals surface area contributed by atoms with Gasteiger partial charge in [0, 0.05) is 10.1 Å². The van der Waals surface area contributed by atoms with Crippen molar-refractivity contribution in [2.75, 3.05) is 0 Å². The molecule has 0 aliphatic carbocycles. The van der Waals surface area contributed by atoms with Gasteiger partial charge in [0.05, 0.1) is 4.47 Å². The van der Waals surface area contributed by atoms with Gasteiger partial charge in [-0.15, -0.1) is 11.8 Å². The summed E-state index contributed by atoms with van der Waals surface area (Å²) in [6.07, 6.45) is 1.11. The summed E-state index contributed by atoms with van der Waals surface area (Å²) < 4.78 is 0.802. The van der Waals surface area contributed by atoms with Crippen molar-refractivity contribution >= 4 is 27.7 Å². The first kappa shape index (κ1) is 8.45. The second kappa shape index (κ2) is 2.96. The molecule has 1 heterocycles. The van der Waals surface area contributed by atoms with Crippen LogP contribution in [0.15, 0.2) is 21.5 Å². The van der Waals surface area contributed by atoms with Crippen LogP contribution in [0.5, 0.6) is 5.75 Å². The van der Waals surface area contributed by atoms with Crippen LogP contribution >= 0.6 is 27.7 Å². The average molecular weight is 245 g/mol. The van der Waals surface area contributed by atoms with E-state index in [1.54, 1.807) is 0 Å². The van der Waals surface area contributed by atoms with Crippen LogP contribution in [-0.4, -0.2) is 10.4 Å². The van der Waals surface area contributed by atoms with Crippen molar-refractivity contribution in [3.63, 3.8) is 0 Å². The normalized spacial score (nSPS) is 21.0. The van der Waals surface area contributed by atoms with Gasteiger partial charge in [-0.1, -0.05) is 6.92 Å². The third kappa shape index (κ3) is 1.36. The molecular weight excluding hydrogens is 236 g/mol. The highest BCUT2D eigenvalue weighted by molar-refractivity contribution is 9.10. The molecule has 0 fully saturated rings. The first-order valence-electron chi connectivity index (χ1n) is 3.85. The maximum absolute atomic E-state index is 9.41. The molecule has 1 aliphatic rings. The maximum atomic E-state index is 9.41. The molecule has 1 nitrogen and oxygen atoms in total. The molecule has 1 atom stereocenters. The van der Waals surface area contributed by atoms with Gasteiger partial charge < -0.3 is 5.11 Å². The lowest BCUT2D eigenvalue weighted by Gasteiger charge is -2.00. The summed E-state index contributed by atoms with van der Waals surface area (Å²) in [7, 11) is 0. The summed E-state index contributed by atoms with van der Waals surface area (Å²) in [5.41, 5.74) is 1.34. The monoisotopic (exact) mass is 244 g/mol. The number of halogens is 1. The van der Waals surface area contributed by atoms with Gasteiger partial charge in [0.15, 0.2) is 0 Å². The smallest absolute Gasteiger partial charge is 0.130 e. The Morgan fingerprint density at radius 3 is 3.08 bits per heavy atom. The second-order valence-corrected chi connectivity index (χ2v) is 5.38. The summed E-state index contributed by atoms with van der Waals surface area (Å²) in [6.45, 7) is 2.20. The Morgan fingerprint density at radius 1 is 1.58 bits per heavy atom. The molecule has 0 bridgehead atoms. The van der Waals surface area contributed by atoms with Crippen molar-refractivity contribution < 1.29 is 5.11 Å². The molecule has 12 heavy (non-hydrogen) atoms. The van der Waals surface area contributed by atoms with E-state index in [0.717, 1.165) is 10.9 Å². The van der Waals surface area contributed by atoms with Crippen molar-refractivity contribution in [1.29, 1.82) is 0 Å². The lowest BCUT2D eigenvalue weighted by molar-refractivity contribution is 0.470. The van der Waals surface area contributed by atoms with E-state index in [9.17, 15) is 5.11 Å². The first-order valence-corrected chi connectivity index (χ1v) is 5.52. The Balaban J connectivity index is 2.48. The van der Waals surface area contributed by atoms with Gasteiger partial charge in [-0.25, -0.2) is 0 Å². The van der Waals surface area contributed by atoms with Gasteiger partial charge in [0.25, 0.3) is 0 Å². The minimum Gasteiger partial charge on any atom is -0.507 e. The minimum atomic E-state index is 0.343. The highest BCUT2D eigenvalue weighted by Crippen LogP contribution is 2.41. The maximum Gasteiger partial charge on any atom is 0.130 e. The van der Waals surface area contributed by atoms with E-state index in [1.165, 1.54) is 10.5 Å². The molecule has 1 unspecified atom stereocenters. The molecule has 0 radical (unpaired) electrons. The number of benzene rings is 1. The summed E-state index contributed by atoms with van der Waals surface area (Å²) >= 11 is 5.14. The number of hydrogen-bond acceptors (Lipinski definition) is 2. The molecule has 1 aromatic carbocycles. The van der Waals surface area contributed by atoms with Gasteiger partial charge in [-0.3, -0.25) is 0 Å². The first-order chi connectivity index (χ1) is 5.66. The number of aromatic hydroxyl groups is 1. The predicted molar refractivity (Wildman–Crippen MR) is 54.8 cm³/mol. The van der Waals surface area contributed by atoms with Crippen LogP contribution in [0.2, 0.25) is 0 Å². The molecule has 2 rings (SSSR count). The summed E-state index contributed by atoms with van der Waals surface area (Å²) in [6, 6.07) is 3.86. The van der Waals surface area contributed by atoms with E-state index in [2.05, 4.69) is 22.9 Å². The molecular formula is C9H9BrOS. The van der Waals surface area contributed by atoms with Gasteiger partial charge in [0.1, 0.15) is 5.75 Å². The van der Waals surface area contributed by atoms with E-state index >= 15 is 0 Å². The summed E-state index contributed by atoms with van der Waals surface area (Å²) in [4.78, 5) is 1.23. The van der Waals surface area contributed by atoms with Gasteiger partial charge in [0.2, 0.25) is 0 Å². The fraction of sp³-hybridized carbons (Fsp3) is 0.333. The fourth-order valence-electron chi connectivity index (χ4n) is 1.42. The molecule has 0 saturated heterocycles. The Bertz CT molecular complexity index is 294. The van der Waals surface area contributed by atoms with Crippen LogP contribution < -0.4 is 0 Å². The molecule has 0 spiro atoms. The largest absolute Gasteiger partial charge is 0.507 e. The van der Waals surface area contributed by atoms with Gasteiger partial charge >= 0.3 is 0 Å². The Kier molecular flexibility index (Phi) is 2.09. The number of rotatable bonds is 0. The lowest BCUT2D eigenvalue weighted by Crippen LogP contribution is -1.90. The fourth-order valence-corrected chi connectivity index (χ4v) is 2.98. The highest BCUT2D eigenvalue weighted by atomic mass is 79.9. The Labute approximate surface area is 84.3 Å². The van der Waals surface area contributed by atoms with E-state index in [-0.39, 0.29) is 0 Å². The predicted octanol–water partition coefficient (Wildman–Crippen LogP) is 3.19. The zero-order valence-corrected chi connectivity index (χ0v) is 9.08. The highest BCUT2D eigenvalue weighted by Gasteiger charge is 2.19. The average Bonchev–Trinajstić information content (AvgIpc) is 2.30. The Morgan fingerprint density at radius 2 is 2.33 bits per heavy atom. The van der Waals surface area contributed by atoms with Crippen LogP contribution in [0, 0.1) is 0 Å². The van der Waals surface area contributed by atoms with Crippen molar-refractivity contribution in [1.82, 2.24) is 0 Å². The molecule has 64 valence electrons. The number of hydrogen-bond donors (Lipinski definition) is 1. The summed E-state index contributed by atoms with van der Waals surface area (Å²) in [5.74, 6) is 0.343. The quantitative estimate of drug-likeness (QED) is 0.757. The number of fused-ring (bicyclic) bond motifs is 1. The van der Waals surface area contributed by atoms with E-state index in [1.807, 2.05) is 23.9 Å². The van der Waals surface area contributed by atoms with Crippen LogP contribution in [0.25, 0.3) is 0 Å². The van der Waals surface area contributed by atoms with E-state index < -0.39 is 0 Å². The molecule has 3 heteroatoms. The SMILES string of the molecule is CC1Cc2cc(Br)c(O)cc2S1. The zero-order valence-electron chi connectivity index (χ0n) is 6.67. The van der Waals surface area contributed by atoms with Crippen LogP contribution in [0.3, 0.4) is 0 Å². The molecule has 0 saturated carbocycles.